The lowest BCUT2D eigenvalue weighted by molar-refractivity contribution is -0.122. The van der Waals surface area contributed by atoms with Gasteiger partial charge in [-0.25, -0.2) is 4.79 Å². The Morgan fingerprint density at radius 3 is 2.23 bits per heavy atom. The van der Waals surface area contributed by atoms with Gasteiger partial charge in [0.15, 0.2) is 5.11 Å². The number of nitrogens with one attached hydrogen (secondary N) is 1. The van der Waals surface area contributed by atoms with Gasteiger partial charge in [-0.3, -0.25) is 19.8 Å². The number of hydrogen-bond donors (Lipinski definition) is 2. The van der Waals surface area contributed by atoms with Gasteiger partial charge in [-0.1, -0.05) is 17.7 Å². The summed E-state index contributed by atoms with van der Waals surface area (Å²) in [5.74, 6) is -2.02. The minimum absolute atomic E-state index is 0.0169. The van der Waals surface area contributed by atoms with Crippen molar-refractivity contribution in [2.45, 2.75) is 34.6 Å². The molecule has 0 unspecified atom stereocenters. The van der Waals surface area contributed by atoms with Gasteiger partial charge in [0.25, 0.3) is 11.8 Å². The number of carboxylic acid groups (broad SMARTS) is 1. The Labute approximate surface area is 208 Å². The van der Waals surface area contributed by atoms with Crippen LogP contribution in [0.25, 0.3) is 11.8 Å². The summed E-state index contributed by atoms with van der Waals surface area (Å²) in [4.78, 5) is 38.9. The van der Waals surface area contributed by atoms with E-state index in [1.54, 1.807) is 24.3 Å². The van der Waals surface area contributed by atoms with Crippen LogP contribution in [0, 0.1) is 34.6 Å². The minimum atomic E-state index is -0.987. The fraction of sp³-hybridized carbons (Fsp3) is 0.185. The van der Waals surface area contributed by atoms with Crippen LogP contribution in [0.3, 0.4) is 0 Å². The van der Waals surface area contributed by atoms with Crippen molar-refractivity contribution in [3.63, 3.8) is 0 Å². The van der Waals surface area contributed by atoms with E-state index in [4.69, 9.17) is 12.2 Å². The summed E-state index contributed by atoms with van der Waals surface area (Å²) in [6.45, 7) is 9.51. The molecule has 0 radical (unpaired) electrons. The third-order valence-electron chi connectivity index (χ3n) is 6.15. The lowest BCUT2D eigenvalue weighted by Crippen LogP contribution is -2.54. The van der Waals surface area contributed by atoms with Crippen LogP contribution in [0.2, 0.25) is 0 Å². The van der Waals surface area contributed by atoms with Crippen LogP contribution in [0.4, 0.5) is 5.69 Å². The lowest BCUT2D eigenvalue weighted by atomic mass is 10.0. The number of rotatable bonds is 4. The van der Waals surface area contributed by atoms with Gasteiger partial charge in [0.2, 0.25) is 0 Å². The molecule has 0 saturated carbocycles. The van der Waals surface area contributed by atoms with E-state index < -0.39 is 17.8 Å². The number of carboxylic acids is 1. The van der Waals surface area contributed by atoms with Crippen LogP contribution in [0.15, 0.2) is 48.0 Å². The van der Waals surface area contributed by atoms with Crippen LogP contribution >= 0.6 is 12.2 Å². The maximum absolute atomic E-state index is 13.5. The third kappa shape index (κ3) is 4.28. The summed E-state index contributed by atoms with van der Waals surface area (Å²) in [5, 5.41) is 12.0. The summed E-state index contributed by atoms with van der Waals surface area (Å²) in [5.41, 5.74) is 6.76. The zero-order valence-electron chi connectivity index (χ0n) is 20.1. The summed E-state index contributed by atoms with van der Waals surface area (Å²) in [6, 6.07) is 12.5. The summed E-state index contributed by atoms with van der Waals surface area (Å²) in [7, 11) is 0. The molecule has 1 aliphatic heterocycles. The molecule has 7 nitrogen and oxygen atoms in total. The van der Waals surface area contributed by atoms with Crippen molar-refractivity contribution >= 4 is 46.9 Å². The molecule has 4 rings (SSSR count). The average Bonchev–Trinajstić information content (AvgIpc) is 3.05. The second-order valence-corrected chi connectivity index (χ2v) is 9.10. The van der Waals surface area contributed by atoms with Crippen LogP contribution < -0.4 is 10.2 Å². The molecule has 178 valence electrons. The van der Waals surface area contributed by atoms with E-state index in [-0.39, 0.29) is 16.2 Å². The number of aryl methyl sites for hydroxylation is 4. The number of carbonyl (C=O) groups excluding carboxylic acids is 2. The zero-order chi connectivity index (χ0) is 25.6. The van der Waals surface area contributed by atoms with Crippen molar-refractivity contribution in [1.82, 2.24) is 9.88 Å². The number of anilines is 1. The number of aromatic nitrogens is 1. The maximum Gasteiger partial charge on any atom is 0.335 e. The van der Waals surface area contributed by atoms with E-state index in [1.165, 1.54) is 4.90 Å². The number of nitrogens with zero attached hydrogens (tertiary/aromatic N) is 2. The molecule has 2 aromatic carbocycles. The summed E-state index contributed by atoms with van der Waals surface area (Å²) >= 11 is 5.33. The first-order chi connectivity index (χ1) is 16.5. The van der Waals surface area contributed by atoms with E-state index in [0.717, 1.165) is 33.8 Å². The SMILES string of the molecule is Cc1ccc(N2C(=O)/C(=C/c3cc(C)n(-c4ccc(C(=O)O)cc4C)c3C)C(=O)NC2=S)c(C)c1. The molecular formula is C27H25N3O4S. The monoisotopic (exact) mass is 487 g/mol. The fourth-order valence-electron chi connectivity index (χ4n) is 4.43. The number of benzene rings is 2. The van der Waals surface area contributed by atoms with Crippen molar-refractivity contribution in [3.8, 4) is 5.69 Å². The summed E-state index contributed by atoms with van der Waals surface area (Å²) in [6.07, 6.45) is 1.58. The average molecular weight is 488 g/mol. The van der Waals surface area contributed by atoms with E-state index in [0.29, 0.717) is 11.3 Å². The normalized spacial score (nSPS) is 15.1. The molecule has 8 heteroatoms. The minimum Gasteiger partial charge on any atom is -0.478 e. The second kappa shape index (κ2) is 8.96. The molecule has 1 saturated heterocycles. The predicted molar refractivity (Wildman–Crippen MR) is 139 cm³/mol. The van der Waals surface area contributed by atoms with Crippen molar-refractivity contribution < 1.29 is 19.5 Å². The van der Waals surface area contributed by atoms with Gasteiger partial charge < -0.3 is 9.67 Å². The van der Waals surface area contributed by atoms with Crippen molar-refractivity contribution in [2.24, 2.45) is 0 Å². The van der Waals surface area contributed by atoms with Crippen molar-refractivity contribution in [2.75, 3.05) is 4.90 Å². The quantitative estimate of drug-likeness (QED) is 0.320. The molecule has 0 atom stereocenters. The second-order valence-electron chi connectivity index (χ2n) is 8.72. The highest BCUT2D eigenvalue weighted by molar-refractivity contribution is 7.80. The number of thiocarbonyl (C=S) groups is 1. The Morgan fingerprint density at radius 2 is 1.60 bits per heavy atom. The largest absolute Gasteiger partial charge is 0.478 e. The van der Waals surface area contributed by atoms with Crippen LogP contribution in [-0.4, -0.2) is 32.6 Å². The van der Waals surface area contributed by atoms with E-state index in [1.807, 2.05) is 63.5 Å². The zero-order valence-corrected chi connectivity index (χ0v) is 20.9. The molecule has 2 heterocycles. The first kappa shape index (κ1) is 24.1. The standard InChI is InChI=1S/C27H25N3O4S/c1-14-6-8-23(15(2)10-14)30-25(32)21(24(31)28-27(30)35)13-20-12-17(4)29(18(20)5)22-9-7-19(26(33)34)11-16(22)3/h6-13H,1-5H3,(H,33,34)(H,28,31,35)/b21-13+. The summed E-state index contributed by atoms with van der Waals surface area (Å²) < 4.78 is 1.98. The predicted octanol–water partition coefficient (Wildman–Crippen LogP) is 4.55. The molecule has 35 heavy (non-hydrogen) atoms. The van der Waals surface area contributed by atoms with Crippen LogP contribution in [-0.2, 0) is 9.59 Å². The van der Waals surface area contributed by atoms with Gasteiger partial charge in [0, 0.05) is 17.1 Å². The van der Waals surface area contributed by atoms with E-state index in [2.05, 4.69) is 5.32 Å². The number of aromatic carboxylic acids is 1. The molecule has 1 aromatic heterocycles. The smallest absolute Gasteiger partial charge is 0.335 e. The Balaban J connectivity index is 1.78. The fourth-order valence-corrected chi connectivity index (χ4v) is 4.71. The Morgan fingerprint density at radius 1 is 0.943 bits per heavy atom. The molecular weight excluding hydrogens is 462 g/mol. The molecule has 0 spiro atoms. The molecule has 0 bridgehead atoms. The number of carbonyl (C=O) groups is 3. The Hall–Kier alpha value is -4.04. The molecule has 1 aliphatic rings. The Kier molecular flexibility index (Phi) is 6.17. The van der Waals surface area contributed by atoms with Gasteiger partial charge >= 0.3 is 5.97 Å². The Bertz CT molecular complexity index is 1470. The highest BCUT2D eigenvalue weighted by atomic mass is 32.1. The van der Waals surface area contributed by atoms with Crippen LogP contribution in [0.5, 0.6) is 0 Å². The highest BCUT2D eigenvalue weighted by Crippen LogP contribution is 2.29. The van der Waals surface area contributed by atoms with Gasteiger partial charge in [-0.05, 0) is 99.9 Å². The van der Waals surface area contributed by atoms with Gasteiger partial charge in [0.1, 0.15) is 5.57 Å². The molecule has 2 amide bonds. The van der Waals surface area contributed by atoms with Crippen molar-refractivity contribution in [3.05, 3.63) is 87.2 Å². The number of hydrogen-bond acceptors (Lipinski definition) is 4. The first-order valence-corrected chi connectivity index (χ1v) is 11.4. The van der Waals surface area contributed by atoms with Crippen LogP contribution in [0.1, 0.15) is 44.0 Å². The number of amides is 2. The van der Waals surface area contributed by atoms with Gasteiger partial charge in [-0.2, -0.15) is 0 Å². The topological polar surface area (TPSA) is 91.6 Å². The highest BCUT2D eigenvalue weighted by Gasteiger charge is 2.35. The maximum atomic E-state index is 13.5. The van der Waals surface area contributed by atoms with Gasteiger partial charge in [-0.15, -0.1) is 0 Å². The van der Waals surface area contributed by atoms with Crippen molar-refractivity contribution in [1.29, 1.82) is 0 Å². The first-order valence-electron chi connectivity index (χ1n) is 11.0. The molecule has 2 N–H and O–H groups in total. The van der Waals surface area contributed by atoms with E-state index in [9.17, 15) is 19.5 Å². The molecule has 1 fully saturated rings. The lowest BCUT2D eigenvalue weighted by Gasteiger charge is -2.30. The van der Waals surface area contributed by atoms with E-state index >= 15 is 0 Å². The van der Waals surface area contributed by atoms with Gasteiger partial charge in [0.05, 0.1) is 11.3 Å². The molecule has 0 aliphatic carbocycles. The third-order valence-corrected chi connectivity index (χ3v) is 6.43. The molecule has 3 aromatic rings.